The quantitative estimate of drug-likeness (QED) is 0.730. The number of ether oxygens (including phenoxy) is 2. The second-order valence-electron chi connectivity index (χ2n) is 4.66. The van der Waals surface area contributed by atoms with E-state index >= 15 is 0 Å². The third-order valence-electron chi connectivity index (χ3n) is 3.30. The first-order chi connectivity index (χ1) is 9.70. The van der Waals surface area contributed by atoms with Gasteiger partial charge in [0.05, 0.1) is 28.0 Å². The van der Waals surface area contributed by atoms with Gasteiger partial charge in [-0.1, -0.05) is 0 Å². The average molecular weight is 362 g/mol. The van der Waals surface area contributed by atoms with Crippen LogP contribution in [0.25, 0.3) is 0 Å². The molecule has 1 aliphatic heterocycles. The number of hydrogen-bond acceptors (Lipinski definition) is 4. The van der Waals surface area contributed by atoms with Gasteiger partial charge in [0, 0.05) is 19.7 Å². The van der Waals surface area contributed by atoms with Crippen LogP contribution < -0.4 is 0 Å². The normalized spacial score (nSPS) is 16.6. The number of likely N-dealkylation sites (tertiary alicyclic amines) is 1. The van der Waals surface area contributed by atoms with Gasteiger partial charge in [0.25, 0.3) is 5.91 Å². The second kappa shape index (κ2) is 8.12. The van der Waals surface area contributed by atoms with E-state index in [0.717, 1.165) is 41.2 Å². The Hall–Kier alpha value is -0.430. The molecule has 20 heavy (non-hydrogen) atoms. The van der Waals surface area contributed by atoms with E-state index in [1.54, 1.807) is 0 Å². The molecule has 1 fully saturated rings. The number of thiophene rings is 1. The Morgan fingerprint density at radius 2 is 2.15 bits per heavy atom. The molecule has 0 N–H and O–H groups in total. The summed E-state index contributed by atoms with van der Waals surface area (Å²) in [5.41, 5.74) is 0. The molecule has 1 amide bonds. The molecular weight excluding hydrogens is 342 g/mol. The molecule has 1 aromatic rings. The molecule has 112 valence electrons. The molecule has 0 atom stereocenters. The van der Waals surface area contributed by atoms with Crippen molar-refractivity contribution in [2.24, 2.45) is 0 Å². The molecule has 1 aliphatic rings. The van der Waals surface area contributed by atoms with Gasteiger partial charge in [-0.2, -0.15) is 0 Å². The van der Waals surface area contributed by atoms with Gasteiger partial charge in [0.15, 0.2) is 0 Å². The molecule has 1 saturated heterocycles. The van der Waals surface area contributed by atoms with Gasteiger partial charge < -0.3 is 14.4 Å². The molecule has 0 bridgehead atoms. The Kier molecular flexibility index (Phi) is 6.48. The number of halogens is 1. The molecule has 1 aromatic heterocycles. The van der Waals surface area contributed by atoms with Gasteiger partial charge in [-0.05, 0) is 47.8 Å². The minimum Gasteiger partial charge on any atom is -0.379 e. The number of carbonyl (C=O) groups excluding carboxylic acids is 1. The van der Waals surface area contributed by atoms with Crippen molar-refractivity contribution in [1.29, 1.82) is 0 Å². The van der Waals surface area contributed by atoms with Gasteiger partial charge in [-0.3, -0.25) is 4.79 Å². The fraction of sp³-hybridized carbons (Fsp3) is 0.643. The van der Waals surface area contributed by atoms with E-state index in [2.05, 4.69) is 15.9 Å². The Morgan fingerprint density at radius 1 is 1.40 bits per heavy atom. The van der Waals surface area contributed by atoms with Crippen molar-refractivity contribution in [1.82, 2.24) is 4.90 Å². The summed E-state index contributed by atoms with van der Waals surface area (Å²) in [5, 5.41) is 0. The average Bonchev–Trinajstić information content (AvgIpc) is 2.90. The Bertz CT molecular complexity index is 430. The first-order valence-corrected chi connectivity index (χ1v) is 8.55. The fourth-order valence-electron chi connectivity index (χ4n) is 2.23. The smallest absolute Gasteiger partial charge is 0.263 e. The fourth-order valence-corrected chi connectivity index (χ4v) is 3.58. The topological polar surface area (TPSA) is 38.8 Å². The van der Waals surface area contributed by atoms with Crippen LogP contribution >= 0.6 is 27.3 Å². The maximum atomic E-state index is 12.3. The highest BCUT2D eigenvalue weighted by Crippen LogP contribution is 2.24. The Morgan fingerprint density at radius 3 is 2.75 bits per heavy atom. The molecule has 0 aliphatic carbocycles. The number of amides is 1. The zero-order chi connectivity index (χ0) is 14.4. The standard InChI is InChI=1S/C14H20BrNO3S/c1-2-18-9-10-19-11-5-7-16(8-6-11)14(17)12-3-4-13(15)20-12/h3-4,11H,2,5-10H2,1H3. The number of hydrogen-bond donors (Lipinski definition) is 0. The highest BCUT2D eigenvalue weighted by atomic mass is 79.9. The van der Waals surface area contributed by atoms with Gasteiger partial charge in [0.2, 0.25) is 0 Å². The molecule has 0 aromatic carbocycles. The highest BCUT2D eigenvalue weighted by molar-refractivity contribution is 9.11. The van der Waals surface area contributed by atoms with Crippen molar-refractivity contribution in [3.05, 3.63) is 20.8 Å². The lowest BCUT2D eigenvalue weighted by molar-refractivity contribution is -0.0182. The molecule has 0 spiro atoms. The van der Waals surface area contributed by atoms with Crippen molar-refractivity contribution in [3.8, 4) is 0 Å². The third kappa shape index (κ3) is 4.55. The van der Waals surface area contributed by atoms with Crippen LogP contribution in [0, 0.1) is 0 Å². The minimum absolute atomic E-state index is 0.133. The van der Waals surface area contributed by atoms with Crippen molar-refractivity contribution < 1.29 is 14.3 Å². The predicted octanol–water partition coefficient (Wildman–Crippen LogP) is 3.17. The number of piperidine rings is 1. The van der Waals surface area contributed by atoms with Crippen LogP contribution in [0.15, 0.2) is 15.9 Å². The lowest BCUT2D eigenvalue weighted by Crippen LogP contribution is -2.40. The number of nitrogens with zero attached hydrogens (tertiary/aromatic N) is 1. The van der Waals surface area contributed by atoms with E-state index < -0.39 is 0 Å². The maximum Gasteiger partial charge on any atom is 0.263 e. The summed E-state index contributed by atoms with van der Waals surface area (Å²) in [5.74, 6) is 0.133. The third-order valence-corrected chi connectivity index (χ3v) is 4.91. The Balaban J connectivity index is 1.72. The summed E-state index contributed by atoms with van der Waals surface area (Å²) in [4.78, 5) is 15.0. The van der Waals surface area contributed by atoms with Crippen molar-refractivity contribution >= 4 is 33.2 Å². The summed E-state index contributed by atoms with van der Waals surface area (Å²) in [6, 6.07) is 3.79. The minimum atomic E-state index is 0.133. The zero-order valence-corrected chi connectivity index (χ0v) is 14.0. The molecular formula is C14H20BrNO3S. The van der Waals surface area contributed by atoms with Gasteiger partial charge in [-0.25, -0.2) is 0 Å². The van der Waals surface area contributed by atoms with E-state index in [1.807, 2.05) is 24.0 Å². The van der Waals surface area contributed by atoms with Crippen LogP contribution in [-0.2, 0) is 9.47 Å². The van der Waals surface area contributed by atoms with Crippen LogP contribution in [0.5, 0.6) is 0 Å². The molecule has 2 rings (SSSR count). The largest absolute Gasteiger partial charge is 0.379 e. The van der Waals surface area contributed by atoms with Crippen LogP contribution in [0.2, 0.25) is 0 Å². The maximum absolute atomic E-state index is 12.3. The highest BCUT2D eigenvalue weighted by Gasteiger charge is 2.24. The SMILES string of the molecule is CCOCCOC1CCN(C(=O)c2ccc(Br)s2)CC1. The van der Waals surface area contributed by atoms with Crippen LogP contribution in [0.3, 0.4) is 0 Å². The molecule has 0 saturated carbocycles. The molecule has 4 nitrogen and oxygen atoms in total. The number of carbonyl (C=O) groups is 1. The summed E-state index contributed by atoms with van der Waals surface area (Å²) in [7, 11) is 0. The molecule has 0 radical (unpaired) electrons. The second-order valence-corrected chi connectivity index (χ2v) is 7.13. The van der Waals surface area contributed by atoms with Gasteiger partial charge in [0.1, 0.15) is 0 Å². The van der Waals surface area contributed by atoms with Crippen molar-refractivity contribution in [3.63, 3.8) is 0 Å². The Labute approximate surface area is 132 Å². The van der Waals surface area contributed by atoms with E-state index in [1.165, 1.54) is 11.3 Å². The van der Waals surface area contributed by atoms with Gasteiger partial charge >= 0.3 is 0 Å². The first-order valence-electron chi connectivity index (χ1n) is 6.94. The number of rotatable bonds is 6. The van der Waals surface area contributed by atoms with Crippen molar-refractivity contribution in [2.45, 2.75) is 25.9 Å². The predicted molar refractivity (Wildman–Crippen MR) is 83.4 cm³/mol. The van der Waals surface area contributed by atoms with E-state index in [-0.39, 0.29) is 12.0 Å². The lowest BCUT2D eigenvalue weighted by Gasteiger charge is -2.31. The zero-order valence-electron chi connectivity index (χ0n) is 11.6. The van der Waals surface area contributed by atoms with Gasteiger partial charge in [-0.15, -0.1) is 11.3 Å². The molecule has 6 heteroatoms. The van der Waals surface area contributed by atoms with E-state index in [0.29, 0.717) is 13.2 Å². The summed E-state index contributed by atoms with van der Waals surface area (Å²) >= 11 is 4.88. The lowest BCUT2D eigenvalue weighted by atomic mass is 10.1. The first kappa shape index (κ1) is 15.9. The summed E-state index contributed by atoms with van der Waals surface area (Å²) < 4.78 is 12.0. The monoisotopic (exact) mass is 361 g/mol. The van der Waals surface area contributed by atoms with Crippen LogP contribution in [-0.4, -0.2) is 49.8 Å². The van der Waals surface area contributed by atoms with E-state index in [9.17, 15) is 4.79 Å². The van der Waals surface area contributed by atoms with E-state index in [4.69, 9.17) is 9.47 Å². The van der Waals surface area contributed by atoms with Crippen LogP contribution in [0.1, 0.15) is 29.4 Å². The van der Waals surface area contributed by atoms with Crippen molar-refractivity contribution in [2.75, 3.05) is 32.9 Å². The molecule has 2 heterocycles. The molecule has 0 unspecified atom stereocenters. The summed E-state index contributed by atoms with van der Waals surface area (Å²) in [6.07, 6.45) is 2.07. The van der Waals surface area contributed by atoms with Crippen LogP contribution in [0.4, 0.5) is 0 Å². The summed E-state index contributed by atoms with van der Waals surface area (Å²) in [6.45, 7) is 5.55.